The predicted octanol–water partition coefficient (Wildman–Crippen LogP) is -0.621. The molecular weight excluding hydrogens is 244 g/mol. The van der Waals surface area contributed by atoms with E-state index in [2.05, 4.69) is 0 Å². The molecule has 0 aromatic heterocycles. The van der Waals surface area contributed by atoms with Crippen LogP contribution in [0.15, 0.2) is 0 Å². The number of hydrogen-bond donors (Lipinski definition) is 2. The van der Waals surface area contributed by atoms with Crippen molar-refractivity contribution < 1.29 is 19.4 Å². The van der Waals surface area contributed by atoms with Crippen LogP contribution in [0.2, 0.25) is 0 Å². The molecule has 2 atom stereocenters. The highest BCUT2D eigenvalue weighted by Gasteiger charge is 2.24. The Labute approximate surface area is 104 Å². The van der Waals surface area contributed by atoms with Crippen molar-refractivity contribution in [3.05, 3.63) is 0 Å². The predicted molar refractivity (Wildman–Crippen MR) is 64.9 cm³/mol. The van der Waals surface area contributed by atoms with Crippen LogP contribution in [-0.2, 0) is 14.3 Å². The summed E-state index contributed by atoms with van der Waals surface area (Å²) < 4.78 is 5.16. The van der Waals surface area contributed by atoms with Crippen molar-refractivity contribution in [2.75, 3.05) is 32.1 Å². The van der Waals surface area contributed by atoms with Crippen LogP contribution < -0.4 is 5.73 Å². The summed E-state index contributed by atoms with van der Waals surface area (Å²) in [6, 6.07) is -0.917. The fourth-order valence-electron chi connectivity index (χ4n) is 1.43. The lowest BCUT2D eigenvalue weighted by atomic mass is 10.3. The molecule has 0 spiro atoms. The van der Waals surface area contributed by atoms with Crippen molar-refractivity contribution in [1.29, 1.82) is 0 Å². The fraction of sp³-hybridized carbons (Fsp3) is 0.800. The van der Waals surface area contributed by atoms with Gasteiger partial charge in [-0.3, -0.25) is 9.59 Å². The van der Waals surface area contributed by atoms with Gasteiger partial charge in [0.15, 0.2) is 0 Å². The Morgan fingerprint density at radius 1 is 1.47 bits per heavy atom. The average molecular weight is 262 g/mol. The number of carboxylic acids is 1. The minimum atomic E-state index is -1.04. The van der Waals surface area contributed by atoms with Crippen LogP contribution in [0.5, 0.6) is 0 Å². The summed E-state index contributed by atoms with van der Waals surface area (Å²) in [7, 11) is 0. The van der Waals surface area contributed by atoms with Crippen LogP contribution >= 0.6 is 11.8 Å². The smallest absolute Gasteiger partial charge is 0.321 e. The van der Waals surface area contributed by atoms with E-state index < -0.39 is 12.0 Å². The molecule has 1 heterocycles. The summed E-state index contributed by atoms with van der Waals surface area (Å²) in [5.41, 5.74) is 5.38. The van der Waals surface area contributed by atoms with Crippen molar-refractivity contribution in [2.24, 2.45) is 5.73 Å². The van der Waals surface area contributed by atoms with Gasteiger partial charge < -0.3 is 20.5 Å². The topological polar surface area (TPSA) is 92.9 Å². The zero-order valence-corrected chi connectivity index (χ0v) is 10.6. The van der Waals surface area contributed by atoms with Gasteiger partial charge in [0.2, 0.25) is 5.91 Å². The summed E-state index contributed by atoms with van der Waals surface area (Å²) in [5.74, 6) is -0.772. The number of carbonyl (C=O) groups excluding carboxylic acids is 1. The Bertz CT molecular complexity index is 281. The van der Waals surface area contributed by atoms with Crippen molar-refractivity contribution >= 4 is 23.6 Å². The van der Waals surface area contributed by atoms with Gasteiger partial charge in [0, 0.05) is 18.8 Å². The third kappa shape index (κ3) is 4.53. The Kier molecular flexibility index (Phi) is 5.73. The van der Waals surface area contributed by atoms with E-state index in [1.807, 2.05) is 0 Å². The molecule has 98 valence electrons. The second kappa shape index (κ2) is 6.83. The maximum Gasteiger partial charge on any atom is 0.321 e. The number of thioether (sulfide) groups is 1. The van der Waals surface area contributed by atoms with Crippen LogP contribution in [0.4, 0.5) is 0 Å². The van der Waals surface area contributed by atoms with Crippen molar-refractivity contribution in [1.82, 2.24) is 4.90 Å². The molecule has 0 saturated carbocycles. The van der Waals surface area contributed by atoms with Gasteiger partial charge in [-0.25, -0.2) is 0 Å². The van der Waals surface area contributed by atoms with Gasteiger partial charge in [0.25, 0.3) is 0 Å². The van der Waals surface area contributed by atoms with Gasteiger partial charge in [-0.1, -0.05) is 0 Å². The minimum Gasteiger partial charge on any atom is -0.480 e. The highest BCUT2D eigenvalue weighted by atomic mass is 32.2. The molecule has 0 aliphatic carbocycles. The van der Waals surface area contributed by atoms with E-state index in [9.17, 15) is 9.59 Å². The number of aliphatic carboxylic acids is 1. The summed E-state index contributed by atoms with van der Waals surface area (Å²) in [6.07, 6.45) is 0. The SMILES string of the molecule is CC(SCC(N)C(=O)O)C(=O)N1CCOCC1. The monoisotopic (exact) mass is 262 g/mol. The summed E-state index contributed by atoms with van der Waals surface area (Å²) in [5, 5.41) is 8.37. The van der Waals surface area contributed by atoms with E-state index >= 15 is 0 Å². The van der Waals surface area contributed by atoms with Gasteiger partial charge in [0.05, 0.1) is 18.5 Å². The molecule has 1 saturated heterocycles. The second-order valence-electron chi connectivity index (χ2n) is 3.86. The van der Waals surface area contributed by atoms with Gasteiger partial charge >= 0.3 is 5.97 Å². The maximum absolute atomic E-state index is 11.9. The highest BCUT2D eigenvalue weighted by molar-refractivity contribution is 8.00. The molecule has 0 bridgehead atoms. The average Bonchev–Trinajstić information content (AvgIpc) is 2.35. The van der Waals surface area contributed by atoms with E-state index in [1.165, 1.54) is 11.8 Å². The van der Waals surface area contributed by atoms with Gasteiger partial charge in [-0.2, -0.15) is 0 Å². The van der Waals surface area contributed by atoms with Crippen LogP contribution in [0.1, 0.15) is 6.92 Å². The lowest BCUT2D eigenvalue weighted by Gasteiger charge is -2.29. The van der Waals surface area contributed by atoms with Crippen LogP contribution in [0.3, 0.4) is 0 Å². The number of carboxylic acid groups (broad SMARTS) is 1. The first-order valence-corrected chi connectivity index (χ1v) is 6.53. The third-order valence-electron chi connectivity index (χ3n) is 2.51. The summed E-state index contributed by atoms with van der Waals surface area (Å²) >= 11 is 1.28. The zero-order valence-electron chi connectivity index (χ0n) is 9.80. The first-order valence-electron chi connectivity index (χ1n) is 5.49. The van der Waals surface area contributed by atoms with Crippen molar-refractivity contribution in [3.63, 3.8) is 0 Å². The molecule has 0 radical (unpaired) electrons. The molecule has 0 aromatic rings. The standard InChI is InChI=1S/C10H18N2O4S/c1-7(17-6-8(11)10(14)15)9(13)12-2-4-16-5-3-12/h7-8H,2-6,11H2,1H3,(H,14,15). The molecule has 2 unspecified atom stereocenters. The molecular formula is C10H18N2O4S. The first-order chi connectivity index (χ1) is 8.02. The van der Waals surface area contributed by atoms with Gasteiger partial charge in [-0.05, 0) is 6.92 Å². The highest BCUT2D eigenvalue weighted by Crippen LogP contribution is 2.15. The van der Waals surface area contributed by atoms with Gasteiger partial charge in [0.1, 0.15) is 6.04 Å². The molecule has 6 nitrogen and oxygen atoms in total. The molecule has 1 aliphatic heterocycles. The van der Waals surface area contributed by atoms with E-state index in [-0.39, 0.29) is 16.9 Å². The zero-order chi connectivity index (χ0) is 12.8. The van der Waals surface area contributed by atoms with Crippen LogP contribution in [-0.4, -0.2) is 65.2 Å². The summed E-state index contributed by atoms with van der Waals surface area (Å²) in [6.45, 7) is 4.12. The Morgan fingerprint density at radius 2 is 2.06 bits per heavy atom. The number of morpholine rings is 1. The van der Waals surface area contributed by atoms with Crippen molar-refractivity contribution in [2.45, 2.75) is 18.2 Å². The van der Waals surface area contributed by atoms with Crippen molar-refractivity contribution in [3.8, 4) is 0 Å². The lowest BCUT2D eigenvalue weighted by molar-refractivity contribution is -0.138. The Balaban J connectivity index is 2.33. The van der Waals surface area contributed by atoms with E-state index in [0.717, 1.165) is 0 Å². The fourth-order valence-corrected chi connectivity index (χ4v) is 2.36. The second-order valence-corrected chi connectivity index (χ2v) is 5.23. The molecule has 3 N–H and O–H groups in total. The number of ether oxygens (including phenoxy) is 1. The number of hydrogen-bond acceptors (Lipinski definition) is 5. The Hall–Kier alpha value is -0.790. The maximum atomic E-state index is 11.9. The minimum absolute atomic E-state index is 0.0240. The van der Waals surface area contributed by atoms with E-state index in [1.54, 1.807) is 11.8 Å². The van der Waals surface area contributed by atoms with Gasteiger partial charge in [-0.15, -0.1) is 11.8 Å². The summed E-state index contributed by atoms with van der Waals surface area (Å²) in [4.78, 5) is 24.2. The molecule has 1 aliphatic rings. The van der Waals surface area contributed by atoms with E-state index in [4.69, 9.17) is 15.6 Å². The molecule has 1 amide bonds. The van der Waals surface area contributed by atoms with E-state index in [0.29, 0.717) is 26.3 Å². The number of rotatable bonds is 5. The third-order valence-corrected chi connectivity index (χ3v) is 3.77. The normalized spacial score (nSPS) is 19.8. The van der Waals surface area contributed by atoms with Crippen LogP contribution in [0.25, 0.3) is 0 Å². The number of nitrogens with two attached hydrogens (primary N) is 1. The number of carbonyl (C=O) groups is 2. The Morgan fingerprint density at radius 3 is 2.59 bits per heavy atom. The lowest BCUT2D eigenvalue weighted by Crippen LogP contribution is -2.44. The number of nitrogens with zero attached hydrogens (tertiary/aromatic N) is 1. The molecule has 17 heavy (non-hydrogen) atoms. The first kappa shape index (κ1) is 14.3. The van der Waals surface area contributed by atoms with Crippen LogP contribution in [0, 0.1) is 0 Å². The molecule has 1 rings (SSSR count). The quantitative estimate of drug-likeness (QED) is 0.686. The number of amides is 1. The molecule has 7 heteroatoms. The molecule has 0 aromatic carbocycles. The molecule has 1 fully saturated rings. The largest absolute Gasteiger partial charge is 0.480 e.